The van der Waals surface area contributed by atoms with Crippen LogP contribution >= 0.6 is 0 Å². The van der Waals surface area contributed by atoms with Gasteiger partial charge in [-0.2, -0.15) is 0 Å². The minimum Gasteiger partial charge on any atom is -0.492 e. The number of nitrogens with zero attached hydrogens (tertiary/aromatic N) is 1. The average Bonchev–Trinajstić information content (AvgIpc) is 3.20. The van der Waals surface area contributed by atoms with Crippen LogP contribution in [0, 0.1) is 5.41 Å². The third-order valence-electron chi connectivity index (χ3n) is 5.35. The molecule has 1 fully saturated rings. The third kappa shape index (κ3) is 2.05. The summed E-state index contributed by atoms with van der Waals surface area (Å²) in [5.74, 6) is 1.03. The lowest BCUT2D eigenvalue weighted by Gasteiger charge is -2.45. The molecule has 2 aliphatic rings. The first-order chi connectivity index (χ1) is 9.09. The Hall–Kier alpha value is -1.06. The zero-order chi connectivity index (χ0) is 13.5. The summed E-state index contributed by atoms with van der Waals surface area (Å²) in [7, 11) is 0. The number of para-hydroxylation sites is 1. The molecule has 104 valence electrons. The van der Waals surface area contributed by atoms with Crippen LogP contribution < -0.4 is 10.5 Å². The summed E-state index contributed by atoms with van der Waals surface area (Å²) in [5, 5.41) is 0. The molecule has 1 aromatic rings. The lowest BCUT2D eigenvalue weighted by molar-refractivity contribution is 0.0361. The van der Waals surface area contributed by atoms with Crippen LogP contribution in [0.3, 0.4) is 0 Å². The molecule has 0 radical (unpaired) electrons. The molecule has 3 rings (SSSR count). The molecule has 3 nitrogen and oxygen atoms in total. The van der Waals surface area contributed by atoms with Gasteiger partial charge in [-0.05, 0) is 31.2 Å². The number of rotatable bonds is 3. The number of hydrogen-bond acceptors (Lipinski definition) is 3. The van der Waals surface area contributed by atoms with Crippen molar-refractivity contribution in [3.05, 3.63) is 29.8 Å². The maximum Gasteiger partial charge on any atom is 0.123 e. The first-order valence-electron chi connectivity index (χ1n) is 7.25. The first kappa shape index (κ1) is 12.9. The van der Waals surface area contributed by atoms with Crippen molar-refractivity contribution in [2.75, 3.05) is 19.7 Å². The van der Waals surface area contributed by atoms with Gasteiger partial charge in [0.1, 0.15) is 12.4 Å². The quantitative estimate of drug-likeness (QED) is 0.907. The Morgan fingerprint density at radius 2 is 2.11 bits per heavy atom. The molecule has 1 saturated carbocycles. The van der Waals surface area contributed by atoms with Crippen LogP contribution in [0.2, 0.25) is 0 Å². The second kappa shape index (κ2) is 4.50. The van der Waals surface area contributed by atoms with E-state index in [0.717, 1.165) is 25.4 Å². The fraction of sp³-hybridized carbons (Fsp3) is 0.625. The van der Waals surface area contributed by atoms with Gasteiger partial charge in [-0.15, -0.1) is 0 Å². The minimum atomic E-state index is 0.0772. The number of ether oxygens (including phenoxy) is 1. The summed E-state index contributed by atoms with van der Waals surface area (Å²) in [6.45, 7) is 8.07. The Morgan fingerprint density at radius 1 is 1.37 bits per heavy atom. The van der Waals surface area contributed by atoms with Crippen molar-refractivity contribution in [1.82, 2.24) is 4.90 Å². The molecule has 1 atom stereocenters. The highest BCUT2D eigenvalue weighted by Gasteiger charge is 2.55. The van der Waals surface area contributed by atoms with Crippen molar-refractivity contribution in [2.45, 2.75) is 38.8 Å². The maximum atomic E-state index is 6.15. The third-order valence-corrected chi connectivity index (χ3v) is 5.35. The smallest absolute Gasteiger partial charge is 0.123 e. The number of hydrogen-bond donors (Lipinski definition) is 1. The van der Waals surface area contributed by atoms with Gasteiger partial charge in [-0.3, -0.25) is 4.90 Å². The molecule has 0 saturated heterocycles. The van der Waals surface area contributed by atoms with Crippen molar-refractivity contribution < 1.29 is 4.74 Å². The van der Waals surface area contributed by atoms with Crippen molar-refractivity contribution in [3.8, 4) is 5.75 Å². The van der Waals surface area contributed by atoms with Gasteiger partial charge in [-0.1, -0.05) is 25.1 Å². The van der Waals surface area contributed by atoms with Gasteiger partial charge in [0.25, 0.3) is 0 Å². The zero-order valence-electron chi connectivity index (χ0n) is 12.0. The topological polar surface area (TPSA) is 38.5 Å². The fourth-order valence-electron chi connectivity index (χ4n) is 3.23. The number of fused-ring (bicyclic) bond motifs is 1. The molecule has 1 unspecified atom stereocenters. The zero-order valence-corrected chi connectivity index (χ0v) is 12.0. The van der Waals surface area contributed by atoms with Gasteiger partial charge in [0, 0.05) is 30.7 Å². The molecular weight excluding hydrogens is 236 g/mol. The van der Waals surface area contributed by atoms with Crippen LogP contribution in [0.5, 0.6) is 5.75 Å². The second-order valence-corrected chi connectivity index (χ2v) is 6.42. The SMILES string of the molecule is CC1(C(C)(CN)N2CCOc3ccccc3C2)CC1. The van der Waals surface area contributed by atoms with E-state index in [1.165, 1.54) is 18.4 Å². The minimum absolute atomic E-state index is 0.0772. The molecule has 1 aliphatic heterocycles. The summed E-state index contributed by atoms with van der Waals surface area (Å²) in [5.41, 5.74) is 7.89. The van der Waals surface area contributed by atoms with E-state index in [0.29, 0.717) is 12.0 Å². The maximum absolute atomic E-state index is 6.15. The molecule has 2 N–H and O–H groups in total. The van der Waals surface area contributed by atoms with Gasteiger partial charge < -0.3 is 10.5 Å². The Balaban J connectivity index is 1.90. The molecule has 0 amide bonds. The predicted octanol–water partition coefficient (Wildman–Crippen LogP) is 2.40. The molecule has 1 aromatic carbocycles. The van der Waals surface area contributed by atoms with Crippen molar-refractivity contribution in [3.63, 3.8) is 0 Å². The van der Waals surface area contributed by atoms with Crippen LogP contribution in [-0.2, 0) is 6.54 Å². The Morgan fingerprint density at radius 3 is 2.79 bits per heavy atom. The highest BCUT2D eigenvalue weighted by molar-refractivity contribution is 5.34. The first-order valence-corrected chi connectivity index (χ1v) is 7.25. The Bertz CT molecular complexity index is 470. The predicted molar refractivity (Wildman–Crippen MR) is 77.1 cm³/mol. The fourth-order valence-corrected chi connectivity index (χ4v) is 3.23. The average molecular weight is 260 g/mol. The molecule has 1 aliphatic carbocycles. The van der Waals surface area contributed by atoms with E-state index in [9.17, 15) is 0 Å². The summed E-state index contributed by atoms with van der Waals surface area (Å²) >= 11 is 0. The standard InChI is InChI=1S/C16H24N2O/c1-15(7-8-15)16(2,12-17)18-9-10-19-14-6-4-3-5-13(14)11-18/h3-6H,7-12,17H2,1-2H3. The molecule has 3 heteroatoms. The molecule has 0 spiro atoms. The summed E-state index contributed by atoms with van der Waals surface area (Å²) < 4.78 is 5.87. The van der Waals surface area contributed by atoms with E-state index >= 15 is 0 Å². The highest BCUT2D eigenvalue weighted by Crippen LogP contribution is 2.56. The Kier molecular flexibility index (Phi) is 3.06. The summed E-state index contributed by atoms with van der Waals surface area (Å²) in [6, 6.07) is 8.36. The van der Waals surface area contributed by atoms with Crippen LogP contribution in [0.15, 0.2) is 24.3 Å². The normalized spacial score (nSPS) is 24.8. The number of nitrogens with two attached hydrogens (primary N) is 1. The van der Waals surface area contributed by atoms with Crippen molar-refractivity contribution in [1.29, 1.82) is 0 Å². The van der Waals surface area contributed by atoms with Gasteiger partial charge in [0.05, 0.1) is 0 Å². The van der Waals surface area contributed by atoms with E-state index in [1.54, 1.807) is 0 Å². The van der Waals surface area contributed by atoms with Crippen LogP contribution in [0.4, 0.5) is 0 Å². The largest absolute Gasteiger partial charge is 0.492 e. The highest BCUT2D eigenvalue weighted by atomic mass is 16.5. The van der Waals surface area contributed by atoms with Crippen LogP contribution in [0.1, 0.15) is 32.3 Å². The van der Waals surface area contributed by atoms with E-state index in [-0.39, 0.29) is 5.54 Å². The Labute approximate surface area is 115 Å². The van der Waals surface area contributed by atoms with Gasteiger partial charge in [0.15, 0.2) is 0 Å². The molecule has 19 heavy (non-hydrogen) atoms. The second-order valence-electron chi connectivity index (χ2n) is 6.42. The summed E-state index contributed by atoms with van der Waals surface area (Å²) in [6.07, 6.45) is 2.58. The molecular formula is C16H24N2O. The van der Waals surface area contributed by atoms with E-state index in [4.69, 9.17) is 10.5 Å². The number of benzene rings is 1. The van der Waals surface area contributed by atoms with E-state index in [1.807, 2.05) is 6.07 Å². The molecule has 0 bridgehead atoms. The van der Waals surface area contributed by atoms with Crippen molar-refractivity contribution in [2.24, 2.45) is 11.1 Å². The van der Waals surface area contributed by atoms with Gasteiger partial charge >= 0.3 is 0 Å². The van der Waals surface area contributed by atoms with Crippen LogP contribution in [-0.4, -0.2) is 30.1 Å². The van der Waals surface area contributed by atoms with Crippen LogP contribution in [0.25, 0.3) is 0 Å². The lowest BCUT2D eigenvalue weighted by atomic mass is 9.81. The van der Waals surface area contributed by atoms with E-state index < -0.39 is 0 Å². The molecule has 0 aromatic heterocycles. The monoisotopic (exact) mass is 260 g/mol. The van der Waals surface area contributed by atoms with Gasteiger partial charge in [-0.25, -0.2) is 0 Å². The van der Waals surface area contributed by atoms with E-state index in [2.05, 4.69) is 36.9 Å². The summed E-state index contributed by atoms with van der Waals surface area (Å²) in [4.78, 5) is 2.53. The lowest BCUT2D eigenvalue weighted by Crippen LogP contribution is -2.57. The van der Waals surface area contributed by atoms with Gasteiger partial charge in [0.2, 0.25) is 0 Å². The molecule has 1 heterocycles. The van der Waals surface area contributed by atoms with Crippen molar-refractivity contribution >= 4 is 0 Å².